The van der Waals surface area contributed by atoms with E-state index in [0.29, 0.717) is 4.34 Å². The predicted octanol–water partition coefficient (Wildman–Crippen LogP) is 1.62. The number of aromatic nitrogens is 1. The molecule has 1 fully saturated rings. The molecule has 0 N–H and O–H groups in total. The van der Waals surface area contributed by atoms with Gasteiger partial charge in [-0.25, -0.2) is 8.42 Å². The first-order chi connectivity index (χ1) is 13.3. The highest BCUT2D eigenvalue weighted by Crippen LogP contribution is 2.28. The Labute approximate surface area is 169 Å². The molecule has 1 aliphatic heterocycles. The molecule has 28 heavy (non-hydrogen) atoms. The summed E-state index contributed by atoms with van der Waals surface area (Å²) in [5.41, 5.74) is 0. The number of piperazine rings is 1. The lowest BCUT2D eigenvalue weighted by Crippen LogP contribution is -2.51. The molecule has 1 amide bonds. The molecular weight excluding hydrogens is 432 g/mol. The van der Waals surface area contributed by atoms with Gasteiger partial charge in [-0.1, -0.05) is 11.6 Å². The molecule has 150 valence electrons. The zero-order valence-electron chi connectivity index (χ0n) is 14.4. The number of nitrogens with zero attached hydrogens (tertiary/aromatic N) is 4. The number of carbonyl (C=O) groups excluding carboxylic acids is 1. The maximum atomic E-state index is 12.6. The van der Waals surface area contributed by atoms with Crippen molar-refractivity contribution >= 4 is 44.7 Å². The van der Waals surface area contributed by atoms with E-state index in [1.807, 2.05) is 0 Å². The van der Waals surface area contributed by atoms with Crippen LogP contribution in [-0.2, 0) is 14.8 Å². The molecule has 0 aromatic carbocycles. The van der Waals surface area contributed by atoms with E-state index in [0.717, 1.165) is 11.3 Å². The summed E-state index contributed by atoms with van der Waals surface area (Å²) < 4.78 is 32.2. The molecule has 0 saturated carbocycles. The summed E-state index contributed by atoms with van der Waals surface area (Å²) in [5.74, 6) is -0.966. The molecule has 3 heterocycles. The highest BCUT2D eigenvalue weighted by Gasteiger charge is 2.31. The minimum atomic E-state index is -3.65. The lowest BCUT2D eigenvalue weighted by atomic mass is 10.3. The van der Waals surface area contributed by atoms with Crippen LogP contribution >= 0.6 is 22.9 Å². The van der Waals surface area contributed by atoms with Crippen molar-refractivity contribution in [1.29, 1.82) is 0 Å². The number of amides is 1. The van der Waals surface area contributed by atoms with Gasteiger partial charge in [-0.05, 0) is 34.2 Å². The number of pyridine rings is 1. The first-order valence-corrected chi connectivity index (χ1v) is 10.7. The van der Waals surface area contributed by atoms with Gasteiger partial charge in [-0.15, -0.1) is 11.3 Å². The lowest BCUT2D eigenvalue weighted by Gasteiger charge is -2.33. The first-order valence-electron chi connectivity index (χ1n) is 8.04. The summed E-state index contributed by atoms with van der Waals surface area (Å²) >= 11 is 6.79. The molecule has 0 radical (unpaired) electrons. The van der Waals surface area contributed by atoms with Crippen LogP contribution in [-0.4, -0.2) is 66.2 Å². The van der Waals surface area contributed by atoms with Gasteiger partial charge in [0, 0.05) is 26.2 Å². The molecule has 0 atom stereocenters. The fourth-order valence-electron chi connectivity index (χ4n) is 2.60. The molecular formula is C15H15ClN4O6S2. The van der Waals surface area contributed by atoms with Gasteiger partial charge in [0.2, 0.25) is 5.75 Å². The molecule has 0 bridgehead atoms. The number of rotatable bonds is 6. The number of hydrogen-bond acceptors (Lipinski definition) is 8. The Balaban J connectivity index is 1.56. The number of hydrogen-bond donors (Lipinski definition) is 0. The fraction of sp³-hybridized carbons (Fsp3) is 0.333. The lowest BCUT2D eigenvalue weighted by molar-refractivity contribution is -0.390. The molecule has 3 rings (SSSR count). The van der Waals surface area contributed by atoms with Crippen LogP contribution in [0, 0.1) is 10.1 Å². The Morgan fingerprint density at radius 1 is 1.29 bits per heavy atom. The normalized spacial score (nSPS) is 15.4. The van der Waals surface area contributed by atoms with Crippen LogP contribution in [0.3, 0.4) is 0 Å². The SMILES string of the molecule is O=C(COc1cccnc1[N+](=O)[O-])N1CCN(S(=O)(=O)c2ccc(Cl)s2)CC1. The fourth-order valence-corrected chi connectivity index (χ4v) is 5.66. The molecule has 0 aliphatic carbocycles. The van der Waals surface area contributed by atoms with E-state index in [9.17, 15) is 23.3 Å². The van der Waals surface area contributed by atoms with Crippen molar-refractivity contribution in [3.63, 3.8) is 0 Å². The van der Waals surface area contributed by atoms with Crippen molar-refractivity contribution in [3.8, 4) is 5.75 Å². The standard InChI is InChI=1S/C15H15ClN4O6S2/c16-12-3-4-14(27-12)28(24,25)19-8-6-18(7-9-19)13(21)10-26-11-2-1-5-17-15(11)20(22)23/h1-5H,6-10H2. The summed E-state index contributed by atoms with van der Waals surface area (Å²) in [4.78, 5) is 27.6. The predicted molar refractivity (Wildman–Crippen MR) is 101 cm³/mol. The second kappa shape index (κ2) is 8.39. The molecule has 2 aromatic heterocycles. The van der Waals surface area contributed by atoms with Gasteiger partial charge in [0.05, 0.1) is 4.34 Å². The Kier molecular flexibility index (Phi) is 6.13. The average molecular weight is 447 g/mol. The summed E-state index contributed by atoms with van der Waals surface area (Å²) in [6, 6.07) is 5.80. The molecule has 13 heteroatoms. The van der Waals surface area contributed by atoms with E-state index in [-0.39, 0.29) is 36.1 Å². The van der Waals surface area contributed by atoms with E-state index in [1.54, 1.807) is 0 Å². The number of halogens is 1. The zero-order valence-corrected chi connectivity index (χ0v) is 16.7. The van der Waals surface area contributed by atoms with Crippen molar-refractivity contribution in [2.45, 2.75) is 4.21 Å². The Morgan fingerprint density at radius 2 is 2.00 bits per heavy atom. The largest absolute Gasteiger partial charge is 0.476 e. The molecule has 1 aliphatic rings. The Morgan fingerprint density at radius 3 is 2.61 bits per heavy atom. The van der Waals surface area contributed by atoms with Crippen LogP contribution in [0.1, 0.15) is 0 Å². The maximum Gasteiger partial charge on any atom is 0.406 e. The maximum absolute atomic E-state index is 12.6. The van der Waals surface area contributed by atoms with Crippen LogP contribution in [0.4, 0.5) is 5.82 Å². The third-order valence-electron chi connectivity index (χ3n) is 4.01. The Hall–Kier alpha value is -2.28. The second-order valence-corrected chi connectivity index (χ2v) is 9.59. The summed E-state index contributed by atoms with van der Waals surface area (Å²) in [6.07, 6.45) is 1.26. The number of carbonyl (C=O) groups is 1. The van der Waals surface area contributed by atoms with Crippen LogP contribution in [0.5, 0.6) is 5.75 Å². The molecule has 10 nitrogen and oxygen atoms in total. The molecule has 0 spiro atoms. The van der Waals surface area contributed by atoms with Crippen LogP contribution < -0.4 is 4.74 Å². The molecule has 2 aromatic rings. The van der Waals surface area contributed by atoms with Crippen molar-refractivity contribution in [2.24, 2.45) is 0 Å². The summed E-state index contributed by atoms with van der Waals surface area (Å²) in [6.45, 7) is 0.248. The van der Waals surface area contributed by atoms with Gasteiger partial charge in [0.25, 0.3) is 15.9 Å². The van der Waals surface area contributed by atoms with E-state index in [2.05, 4.69) is 4.98 Å². The van der Waals surface area contributed by atoms with E-state index in [1.165, 1.54) is 39.7 Å². The summed E-state index contributed by atoms with van der Waals surface area (Å²) in [5, 5.41) is 10.9. The van der Waals surface area contributed by atoms with Crippen molar-refractivity contribution < 1.29 is 22.9 Å². The van der Waals surface area contributed by atoms with E-state index < -0.39 is 33.3 Å². The van der Waals surface area contributed by atoms with Crippen LogP contribution in [0.2, 0.25) is 4.34 Å². The monoisotopic (exact) mass is 446 g/mol. The summed E-state index contributed by atoms with van der Waals surface area (Å²) in [7, 11) is -3.65. The number of sulfonamides is 1. The molecule has 1 saturated heterocycles. The highest BCUT2D eigenvalue weighted by atomic mass is 35.5. The topological polar surface area (TPSA) is 123 Å². The number of ether oxygens (including phenoxy) is 1. The van der Waals surface area contributed by atoms with Crippen molar-refractivity contribution in [1.82, 2.24) is 14.2 Å². The van der Waals surface area contributed by atoms with E-state index in [4.69, 9.17) is 16.3 Å². The third-order valence-corrected chi connectivity index (χ3v) is 7.61. The first kappa shape index (κ1) is 20.5. The van der Waals surface area contributed by atoms with Crippen molar-refractivity contribution in [2.75, 3.05) is 32.8 Å². The smallest absolute Gasteiger partial charge is 0.406 e. The van der Waals surface area contributed by atoms with Crippen LogP contribution in [0.15, 0.2) is 34.7 Å². The van der Waals surface area contributed by atoms with Gasteiger partial charge in [0.1, 0.15) is 10.4 Å². The number of thiophene rings is 1. The number of nitro groups is 1. The van der Waals surface area contributed by atoms with Gasteiger partial charge in [-0.3, -0.25) is 4.79 Å². The average Bonchev–Trinajstić information content (AvgIpc) is 3.13. The third kappa shape index (κ3) is 4.41. The minimum Gasteiger partial charge on any atom is -0.476 e. The Bertz CT molecular complexity index is 988. The quantitative estimate of drug-likeness (QED) is 0.487. The van der Waals surface area contributed by atoms with Crippen LogP contribution in [0.25, 0.3) is 0 Å². The zero-order chi connectivity index (χ0) is 20.3. The second-order valence-electron chi connectivity index (χ2n) is 5.71. The van der Waals surface area contributed by atoms with Gasteiger partial charge in [-0.2, -0.15) is 4.31 Å². The van der Waals surface area contributed by atoms with Gasteiger partial charge >= 0.3 is 5.82 Å². The minimum absolute atomic E-state index is 0.100. The van der Waals surface area contributed by atoms with Gasteiger partial charge in [0.15, 0.2) is 6.61 Å². The van der Waals surface area contributed by atoms with Crippen molar-refractivity contribution in [3.05, 3.63) is 44.9 Å². The molecule has 0 unspecified atom stereocenters. The highest BCUT2D eigenvalue weighted by molar-refractivity contribution is 7.91. The van der Waals surface area contributed by atoms with E-state index >= 15 is 0 Å². The van der Waals surface area contributed by atoms with Gasteiger partial charge < -0.3 is 19.8 Å².